The van der Waals surface area contributed by atoms with Crippen molar-refractivity contribution in [1.29, 1.82) is 0 Å². The lowest BCUT2D eigenvalue weighted by Gasteiger charge is -2.26. The predicted molar refractivity (Wildman–Crippen MR) is 89.1 cm³/mol. The number of anilines is 1. The van der Waals surface area contributed by atoms with E-state index in [9.17, 15) is 0 Å². The Morgan fingerprint density at radius 2 is 2.00 bits per heavy atom. The fraction of sp³-hybridized carbons (Fsp3) is 0.688. The van der Waals surface area contributed by atoms with Crippen LogP contribution in [0, 0.1) is 12.8 Å². The molecule has 0 N–H and O–H groups in total. The van der Waals surface area contributed by atoms with Crippen LogP contribution in [-0.4, -0.2) is 57.9 Å². The molecule has 1 fully saturated rings. The molecule has 0 aromatic carbocycles. The molecule has 1 aliphatic heterocycles. The molecule has 0 spiro atoms. The molecule has 1 aliphatic rings. The first-order chi connectivity index (χ1) is 10.6. The minimum absolute atomic E-state index is 0.616. The van der Waals surface area contributed by atoms with E-state index in [1.807, 2.05) is 18.7 Å². The van der Waals surface area contributed by atoms with Crippen LogP contribution in [0.3, 0.4) is 0 Å². The summed E-state index contributed by atoms with van der Waals surface area (Å²) in [5.41, 5.74) is 1.90. The number of likely N-dealkylation sites (tertiary alicyclic amines) is 1. The van der Waals surface area contributed by atoms with Gasteiger partial charge in [0.05, 0.1) is 11.1 Å². The van der Waals surface area contributed by atoms with Gasteiger partial charge in [-0.05, 0) is 38.8 Å². The molecular formula is C16H26N6. The Balaban J connectivity index is 1.75. The molecule has 2 aromatic heterocycles. The highest BCUT2D eigenvalue weighted by molar-refractivity contribution is 5.89. The van der Waals surface area contributed by atoms with E-state index >= 15 is 0 Å². The molecule has 6 heteroatoms. The molecule has 120 valence electrons. The number of hydrogen-bond acceptors (Lipinski definition) is 5. The number of hydrogen-bond donors (Lipinski definition) is 0. The number of rotatable bonds is 5. The molecule has 1 unspecified atom stereocenters. The Morgan fingerprint density at radius 3 is 2.73 bits per heavy atom. The van der Waals surface area contributed by atoms with Gasteiger partial charge < -0.3 is 9.80 Å². The van der Waals surface area contributed by atoms with E-state index in [1.54, 1.807) is 6.33 Å². The Morgan fingerprint density at radius 1 is 1.27 bits per heavy atom. The van der Waals surface area contributed by atoms with Gasteiger partial charge in [0.15, 0.2) is 5.65 Å². The van der Waals surface area contributed by atoms with Crippen LogP contribution < -0.4 is 4.90 Å². The van der Waals surface area contributed by atoms with Crippen molar-refractivity contribution >= 4 is 16.9 Å². The molecule has 0 bridgehead atoms. The van der Waals surface area contributed by atoms with Gasteiger partial charge in [-0.1, -0.05) is 6.92 Å². The summed E-state index contributed by atoms with van der Waals surface area (Å²) in [5.74, 6) is 1.61. The zero-order valence-electron chi connectivity index (χ0n) is 14.1. The van der Waals surface area contributed by atoms with Gasteiger partial charge in [0, 0.05) is 27.2 Å². The lowest BCUT2D eigenvalue weighted by Crippen LogP contribution is -2.33. The first kappa shape index (κ1) is 15.2. The van der Waals surface area contributed by atoms with Gasteiger partial charge in [-0.2, -0.15) is 5.10 Å². The van der Waals surface area contributed by atoms with Crippen LogP contribution in [0.4, 0.5) is 5.82 Å². The van der Waals surface area contributed by atoms with E-state index in [2.05, 4.69) is 38.8 Å². The van der Waals surface area contributed by atoms with E-state index in [1.165, 1.54) is 32.5 Å². The summed E-state index contributed by atoms with van der Waals surface area (Å²) in [5, 5.41) is 5.55. The van der Waals surface area contributed by atoms with E-state index in [4.69, 9.17) is 0 Å². The smallest absolute Gasteiger partial charge is 0.163 e. The Bertz CT molecular complexity index is 643. The molecule has 0 saturated carbocycles. The van der Waals surface area contributed by atoms with Gasteiger partial charge in [-0.15, -0.1) is 0 Å². The summed E-state index contributed by atoms with van der Waals surface area (Å²) in [7, 11) is 4.05. The summed E-state index contributed by atoms with van der Waals surface area (Å²) in [6, 6.07) is 0. The van der Waals surface area contributed by atoms with Gasteiger partial charge in [-0.25, -0.2) is 9.97 Å². The average Bonchev–Trinajstić information content (AvgIpc) is 3.08. The van der Waals surface area contributed by atoms with Gasteiger partial charge in [0.25, 0.3) is 0 Å². The second-order valence-corrected chi connectivity index (χ2v) is 6.60. The van der Waals surface area contributed by atoms with Crippen molar-refractivity contribution in [2.75, 3.05) is 38.1 Å². The van der Waals surface area contributed by atoms with Crippen LogP contribution in [0.25, 0.3) is 11.0 Å². The third-order valence-electron chi connectivity index (χ3n) is 4.49. The van der Waals surface area contributed by atoms with E-state index < -0.39 is 0 Å². The zero-order chi connectivity index (χ0) is 15.7. The molecule has 3 heterocycles. The zero-order valence-corrected chi connectivity index (χ0v) is 14.1. The molecule has 6 nitrogen and oxygen atoms in total. The molecule has 1 atom stereocenters. The van der Waals surface area contributed by atoms with Crippen molar-refractivity contribution in [3.05, 3.63) is 12.0 Å². The van der Waals surface area contributed by atoms with Crippen LogP contribution in [0.5, 0.6) is 0 Å². The molecule has 0 aliphatic carbocycles. The number of aromatic nitrogens is 4. The topological polar surface area (TPSA) is 50.1 Å². The Labute approximate surface area is 132 Å². The fourth-order valence-electron chi connectivity index (χ4n) is 3.57. The second-order valence-electron chi connectivity index (χ2n) is 6.60. The van der Waals surface area contributed by atoms with Crippen LogP contribution in [0.1, 0.15) is 25.5 Å². The number of aryl methyl sites for hydroxylation is 2. The van der Waals surface area contributed by atoms with Gasteiger partial charge in [0.2, 0.25) is 0 Å². The molecule has 2 aromatic rings. The van der Waals surface area contributed by atoms with Crippen molar-refractivity contribution < 1.29 is 0 Å². The van der Waals surface area contributed by atoms with Gasteiger partial charge in [0.1, 0.15) is 12.1 Å². The van der Waals surface area contributed by atoms with Gasteiger partial charge >= 0.3 is 0 Å². The lowest BCUT2D eigenvalue weighted by atomic mass is 10.1. The quantitative estimate of drug-likeness (QED) is 0.843. The Kier molecular flexibility index (Phi) is 4.29. The van der Waals surface area contributed by atoms with E-state index in [-0.39, 0.29) is 0 Å². The van der Waals surface area contributed by atoms with Gasteiger partial charge in [-0.3, -0.25) is 4.68 Å². The first-order valence-electron chi connectivity index (χ1n) is 8.14. The largest absolute Gasteiger partial charge is 0.359 e. The minimum Gasteiger partial charge on any atom is -0.359 e. The highest BCUT2D eigenvalue weighted by Gasteiger charge is 2.19. The summed E-state index contributed by atoms with van der Waals surface area (Å²) in [4.78, 5) is 13.7. The van der Waals surface area contributed by atoms with E-state index in [0.717, 1.165) is 29.1 Å². The van der Waals surface area contributed by atoms with Crippen LogP contribution in [0.2, 0.25) is 0 Å². The molecule has 0 amide bonds. The number of nitrogens with zero attached hydrogens (tertiary/aromatic N) is 6. The van der Waals surface area contributed by atoms with Crippen molar-refractivity contribution in [1.82, 2.24) is 24.6 Å². The molecule has 0 radical (unpaired) electrons. The van der Waals surface area contributed by atoms with Crippen molar-refractivity contribution in [2.24, 2.45) is 13.0 Å². The summed E-state index contributed by atoms with van der Waals surface area (Å²) < 4.78 is 1.83. The summed E-state index contributed by atoms with van der Waals surface area (Å²) in [6.07, 6.45) is 4.34. The molecular weight excluding hydrogens is 276 g/mol. The van der Waals surface area contributed by atoms with Crippen molar-refractivity contribution in [2.45, 2.75) is 26.7 Å². The van der Waals surface area contributed by atoms with Crippen molar-refractivity contribution in [3.63, 3.8) is 0 Å². The van der Waals surface area contributed by atoms with E-state index in [0.29, 0.717) is 5.92 Å². The maximum atomic E-state index is 4.51. The SMILES string of the molecule is Cc1nn(C)c2ncnc(N(C)CC(C)CN3CCCC3)c12. The minimum atomic E-state index is 0.616. The third kappa shape index (κ3) is 2.92. The standard InChI is InChI=1S/C16H26N6/c1-12(10-22-7-5-6-8-22)9-20(3)15-14-13(2)19-21(4)16(14)18-11-17-15/h11-12H,5-10H2,1-4H3. The maximum Gasteiger partial charge on any atom is 0.163 e. The highest BCUT2D eigenvalue weighted by atomic mass is 15.3. The predicted octanol–water partition coefficient (Wildman–Crippen LogP) is 1.84. The normalized spacial score (nSPS) is 17.3. The monoisotopic (exact) mass is 302 g/mol. The average molecular weight is 302 g/mol. The second kappa shape index (κ2) is 6.20. The van der Waals surface area contributed by atoms with Crippen LogP contribution in [-0.2, 0) is 7.05 Å². The van der Waals surface area contributed by atoms with Crippen molar-refractivity contribution in [3.8, 4) is 0 Å². The third-order valence-corrected chi connectivity index (χ3v) is 4.49. The summed E-state index contributed by atoms with van der Waals surface area (Å²) >= 11 is 0. The maximum absolute atomic E-state index is 4.51. The molecule has 3 rings (SSSR count). The summed E-state index contributed by atoms with van der Waals surface area (Å²) in [6.45, 7) is 9.03. The lowest BCUT2D eigenvalue weighted by molar-refractivity contribution is 0.290. The molecule has 22 heavy (non-hydrogen) atoms. The van der Waals surface area contributed by atoms with Crippen LogP contribution >= 0.6 is 0 Å². The first-order valence-corrected chi connectivity index (χ1v) is 8.14. The fourth-order valence-corrected chi connectivity index (χ4v) is 3.57. The highest BCUT2D eigenvalue weighted by Crippen LogP contribution is 2.25. The Hall–Kier alpha value is -1.69. The molecule has 1 saturated heterocycles. The van der Waals surface area contributed by atoms with Crippen LogP contribution in [0.15, 0.2) is 6.33 Å². The number of fused-ring (bicyclic) bond motifs is 1.